The van der Waals surface area contributed by atoms with E-state index in [4.69, 9.17) is 4.74 Å². The Kier molecular flexibility index (Phi) is 5.02. The molecule has 2 aliphatic rings. The number of benzene rings is 1. The van der Waals surface area contributed by atoms with E-state index in [9.17, 15) is 9.59 Å². The van der Waals surface area contributed by atoms with Crippen LogP contribution in [-0.4, -0.2) is 67.6 Å². The van der Waals surface area contributed by atoms with Crippen LogP contribution in [0.4, 0.5) is 11.5 Å². The maximum absolute atomic E-state index is 12.5. The van der Waals surface area contributed by atoms with Crippen LogP contribution in [-0.2, 0) is 9.53 Å². The lowest BCUT2D eigenvalue weighted by Crippen LogP contribution is -2.50. The molecule has 2 aromatic rings. The first-order chi connectivity index (χ1) is 13.2. The van der Waals surface area contributed by atoms with Crippen LogP contribution in [0.5, 0.6) is 0 Å². The molecule has 0 aliphatic carbocycles. The zero-order valence-corrected chi connectivity index (χ0v) is 15.1. The summed E-state index contributed by atoms with van der Waals surface area (Å²) in [6.45, 7) is 3.95. The van der Waals surface area contributed by atoms with E-state index in [0.29, 0.717) is 45.0 Å². The molecule has 2 amide bonds. The van der Waals surface area contributed by atoms with Crippen molar-refractivity contribution in [2.24, 2.45) is 0 Å². The summed E-state index contributed by atoms with van der Waals surface area (Å²) in [4.78, 5) is 35.0. The number of aromatic nitrogens is 1. The van der Waals surface area contributed by atoms with E-state index in [1.807, 2.05) is 41.3 Å². The van der Waals surface area contributed by atoms with Gasteiger partial charge in [-0.1, -0.05) is 18.2 Å². The number of pyridine rings is 1. The molecule has 7 nitrogen and oxygen atoms in total. The zero-order chi connectivity index (χ0) is 18.6. The van der Waals surface area contributed by atoms with Crippen LogP contribution in [0.3, 0.4) is 0 Å². The minimum Gasteiger partial charge on any atom is -0.378 e. The fraction of sp³-hybridized carbons (Fsp3) is 0.350. The fourth-order valence-corrected chi connectivity index (χ4v) is 3.40. The summed E-state index contributed by atoms with van der Waals surface area (Å²) in [6.07, 6.45) is 1.60. The number of amides is 2. The first-order valence-electron chi connectivity index (χ1n) is 9.16. The molecule has 0 radical (unpaired) electrons. The molecule has 7 heteroatoms. The van der Waals surface area contributed by atoms with Gasteiger partial charge in [0.05, 0.1) is 25.3 Å². The SMILES string of the molecule is O=C(c1ccc(N2CCN(c3ccccc3)C(=O)C2)nc1)N1CCOCC1. The third-order valence-corrected chi connectivity index (χ3v) is 4.91. The molecule has 2 aliphatic heterocycles. The highest BCUT2D eigenvalue weighted by Gasteiger charge is 2.26. The van der Waals surface area contributed by atoms with Crippen LogP contribution in [0.1, 0.15) is 10.4 Å². The predicted octanol–water partition coefficient (Wildman–Crippen LogP) is 1.41. The van der Waals surface area contributed by atoms with Gasteiger partial charge in [-0.15, -0.1) is 0 Å². The molecule has 0 bridgehead atoms. The summed E-state index contributed by atoms with van der Waals surface area (Å²) in [6, 6.07) is 13.3. The molecule has 140 valence electrons. The Labute approximate surface area is 158 Å². The minimum absolute atomic E-state index is 0.0256. The topological polar surface area (TPSA) is 66.0 Å². The van der Waals surface area contributed by atoms with Crippen molar-refractivity contribution < 1.29 is 14.3 Å². The Bertz CT molecular complexity index is 804. The number of carbonyl (C=O) groups excluding carboxylic acids is 2. The molecule has 2 fully saturated rings. The van der Waals surface area contributed by atoms with Gasteiger partial charge in [0.1, 0.15) is 5.82 Å². The number of carbonyl (C=O) groups is 2. The number of para-hydroxylation sites is 1. The largest absolute Gasteiger partial charge is 0.378 e. The molecule has 0 atom stereocenters. The summed E-state index contributed by atoms with van der Waals surface area (Å²) in [5.74, 6) is 0.736. The fourth-order valence-electron chi connectivity index (χ4n) is 3.40. The van der Waals surface area contributed by atoms with Crippen LogP contribution in [0, 0.1) is 0 Å². The minimum atomic E-state index is -0.0256. The maximum Gasteiger partial charge on any atom is 0.255 e. The molecule has 0 N–H and O–H groups in total. The summed E-state index contributed by atoms with van der Waals surface area (Å²) < 4.78 is 5.28. The van der Waals surface area contributed by atoms with Gasteiger partial charge in [0, 0.05) is 38.1 Å². The molecule has 4 rings (SSSR count). The smallest absolute Gasteiger partial charge is 0.255 e. The number of nitrogens with zero attached hydrogens (tertiary/aromatic N) is 4. The molecule has 3 heterocycles. The van der Waals surface area contributed by atoms with Crippen molar-refractivity contribution in [2.75, 3.05) is 55.7 Å². The molecule has 2 saturated heterocycles. The van der Waals surface area contributed by atoms with Gasteiger partial charge in [0.15, 0.2) is 0 Å². The van der Waals surface area contributed by atoms with E-state index in [2.05, 4.69) is 4.98 Å². The Hall–Kier alpha value is -2.93. The number of morpholine rings is 1. The van der Waals surface area contributed by atoms with E-state index in [-0.39, 0.29) is 18.4 Å². The molecule has 1 aromatic carbocycles. The van der Waals surface area contributed by atoms with Gasteiger partial charge in [-0.05, 0) is 24.3 Å². The summed E-state index contributed by atoms with van der Waals surface area (Å²) in [5, 5.41) is 0. The number of hydrogen-bond donors (Lipinski definition) is 0. The Balaban J connectivity index is 1.41. The average molecular weight is 366 g/mol. The highest BCUT2D eigenvalue weighted by atomic mass is 16.5. The molecule has 1 aromatic heterocycles. The van der Waals surface area contributed by atoms with Crippen molar-refractivity contribution in [2.45, 2.75) is 0 Å². The molecule has 27 heavy (non-hydrogen) atoms. The molecule has 0 saturated carbocycles. The Morgan fingerprint density at radius 1 is 0.963 bits per heavy atom. The van der Waals surface area contributed by atoms with E-state index >= 15 is 0 Å². The predicted molar refractivity (Wildman–Crippen MR) is 102 cm³/mol. The quantitative estimate of drug-likeness (QED) is 0.822. The second-order valence-corrected chi connectivity index (χ2v) is 6.61. The van der Waals surface area contributed by atoms with Gasteiger partial charge in [-0.3, -0.25) is 9.59 Å². The lowest BCUT2D eigenvalue weighted by atomic mass is 10.2. The number of rotatable bonds is 3. The third kappa shape index (κ3) is 3.78. The van der Waals surface area contributed by atoms with E-state index < -0.39 is 0 Å². The van der Waals surface area contributed by atoms with Crippen LogP contribution < -0.4 is 9.80 Å². The van der Waals surface area contributed by atoms with Crippen LogP contribution in [0.15, 0.2) is 48.7 Å². The van der Waals surface area contributed by atoms with E-state index in [0.717, 1.165) is 11.5 Å². The van der Waals surface area contributed by atoms with Gasteiger partial charge in [0.25, 0.3) is 5.91 Å². The zero-order valence-electron chi connectivity index (χ0n) is 15.1. The van der Waals surface area contributed by atoms with Crippen molar-refractivity contribution in [3.8, 4) is 0 Å². The molecular weight excluding hydrogens is 344 g/mol. The monoisotopic (exact) mass is 366 g/mol. The molecular formula is C20H22N4O3. The number of anilines is 2. The number of ether oxygens (including phenoxy) is 1. The second-order valence-electron chi connectivity index (χ2n) is 6.61. The van der Waals surface area contributed by atoms with Crippen molar-refractivity contribution in [3.63, 3.8) is 0 Å². The number of piperazine rings is 1. The third-order valence-electron chi connectivity index (χ3n) is 4.91. The highest BCUT2D eigenvalue weighted by molar-refractivity contribution is 5.98. The van der Waals surface area contributed by atoms with Crippen molar-refractivity contribution in [1.82, 2.24) is 9.88 Å². The summed E-state index contributed by atoms with van der Waals surface area (Å²) in [5.41, 5.74) is 1.48. The first kappa shape index (κ1) is 17.5. The first-order valence-corrected chi connectivity index (χ1v) is 9.16. The summed E-state index contributed by atoms with van der Waals surface area (Å²) in [7, 11) is 0. The van der Waals surface area contributed by atoms with E-state index in [1.165, 1.54) is 0 Å². The van der Waals surface area contributed by atoms with Crippen molar-refractivity contribution in [3.05, 3.63) is 54.2 Å². The van der Waals surface area contributed by atoms with E-state index in [1.54, 1.807) is 22.1 Å². The van der Waals surface area contributed by atoms with Gasteiger partial charge in [-0.2, -0.15) is 0 Å². The molecule has 0 unspecified atom stereocenters. The van der Waals surface area contributed by atoms with Gasteiger partial charge >= 0.3 is 0 Å². The van der Waals surface area contributed by atoms with Crippen LogP contribution >= 0.6 is 0 Å². The summed E-state index contributed by atoms with van der Waals surface area (Å²) >= 11 is 0. The van der Waals surface area contributed by atoms with Crippen LogP contribution in [0.2, 0.25) is 0 Å². The second kappa shape index (κ2) is 7.75. The van der Waals surface area contributed by atoms with Gasteiger partial charge in [0.2, 0.25) is 5.91 Å². The highest BCUT2D eigenvalue weighted by Crippen LogP contribution is 2.20. The Morgan fingerprint density at radius 2 is 1.74 bits per heavy atom. The van der Waals surface area contributed by atoms with Crippen molar-refractivity contribution >= 4 is 23.3 Å². The van der Waals surface area contributed by atoms with Gasteiger partial charge < -0.3 is 19.4 Å². The van der Waals surface area contributed by atoms with Crippen molar-refractivity contribution in [1.29, 1.82) is 0 Å². The number of hydrogen-bond acceptors (Lipinski definition) is 5. The molecule has 0 spiro atoms. The lowest BCUT2D eigenvalue weighted by Gasteiger charge is -2.35. The van der Waals surface area contributed by atoms with Crippen LogP contribution in [0.25, 0.3) is 0 Å². The van der Waals surface area contributed by atoms with Gasteiger partial charge in [-0.25, -0.2) is 4.98 Å². The maximum atomic E-state index is 12.5. The Morgan fingerprint density at radius 3 is 2.41 bits per heavy atom. The standard InChI is InChI=1S/C20H22N4O3/c25-19-15-23(8-9-24(19)17-4-2-1-3-5-17)18-7-6-16(14-21-18)20(26)22-10-12-27-13-11-22/h1-7,14H,8-13,15H2. The lowest BCUT2D eigenvalue weighted by molar-refractivity contribution is -0.117. The average Bonchev–Trinajstić information content (AvgIpc) is 2.74. The normalized spacial score (nSPS) is 17.9.